The van der Waals surface area contributed by atoms with Crippen LogP contribution in [-0.2, 0) is 16.1 Å². The molecule has 1 aromatic carbocycles. The number of hydrogen-bond acceptors (Lipinski definition) is 3. The highest BCUT2D eigenvalue weighted by atomic mass is 79.9. The zero-order valence-corrected chi connectivity index (χ0v) is 13.0. The molecule has 1 aliphatic rings. The Labute approximate surface area is 126 Å². The molecule has 0 atom stereocenters. The van der Waals surface area contributed by atoms with E-state index in [2.05, 4.69) is 15.9 Å². The van der Waals surface area contributed by atoms with Crippen molar-refractivity contribution in [2.24, 2.45) is 0 Å². The summed E-state index contributed by atoms with van der Waals surface area (Å²) >= 11 is 3.43. The normalized spacial score (nSPS) is 15.9. The molecular formula is C14H18BrN3O2. The fourth-order valence-electron chi connectivity index (χ4n) is 2.28. The van der Waals surface area contributed by atoms with Gasteiger partial charge in [0.05, 0.1) is 0 Å². The molecule has 1 saturated heterocycles. The lowest BCUT2D eigenvalue weighted by molar-refractivity contribution is -0.156. The summed E-state index contributed by atoms with van der Waals surface area (Å²) in [6.07, 6.45) is 0.857. The van der Waals surface area contributed by atoms with E-state index in [9.17, 15) is 9.59 Å². The summed E-state index contributed by atoms with van der Waals surface area (Å²) in [4.78, 5) is 27.3. The van der Waals surface area contributed by atoms with Crippen molar-refractivity contribution in [3.05, 3.63) is 28.2 Å². The standard InChI is InChI=1S/C14H18BrN3O2/c1-2-6-17-7-8-18(14(20)13(17)19)9-10-11(15)4-3-5-12(10)16/h3-5H,2,6-9,16H2,1H3. The van der Waals surface area contributed by atoms with Gasteiger partial charge in [-0.05, 0) is 18.6 Å². The number of nitrogens with zero attached hydrogens (tertiary/aromatic N) is 2. The van der Waals surface area contributed by atoms with Crippen LogP contribution < -0.4 is 5.73 Å². The molecule has 1 aromatic rings. The van der Waals surface area contributed by atoms with Crippen LogP contribution in [0.15, 0.2) is 22.7 Å². The fraction of sp³-hybridized carbons (Fsp3) is 0.429. The van der Waals surface area contributed by atoms with Crippen LogP contribution in [0.3, 0.4) is 0 Å². The van der Waals surface area contributed by atoms with Gasteiger partial charge in [-0.15, -0.1) is 0 Å². The lowest BCUT2D eigenvalue weighted by Crippen LogP contribution is -2.54. The summed E-state index contributed by atoms with van der Waals surface area (Å²) in [5.74, 6) is -0.858. The molecule has 20 heavy (non-hydrogen) atoms. The highest BCUT2D eigenvalue weighted by Crippen LogP contribution is 2.24. The number of anilines is 1. The SMILES string of the molecule is CCCN1CCN(Cc2c(N)cccc2Br)C(=O)C1=O. The quantitative estimate of drug-likeness (QED) is 0.669. The van der Waals surface area contributed by atoms with Crippen molar-refractivity contribution in [3.63, 3.8) is 0 Å². The van der Waals surface area contributed by atoms with Gasteiger partial charge < -0.3 is 15.5 Å². The van der Waals surface area contributed by atoms with E-state index in [1.807, 2.05) is 19.1 Å². The summed E-state index contributed by atoms with van der Waals surface area (Å²) < 4.78 is 0.855. The minimum Gasteiger partial charge on any atom is -0.398 e. The van der Waals surface area contributed by atoms with E-state index in [1.165, 1.54) is 0 Å². The van der Waals surface area contributed by atoms with Gasteiger partial charge in [0.15, 0.2) is 0 Å². The summed E-state index contributed by atoms with van der Waals surface area (Å²) in [7, 11) is 0. The van der Waals surface area contributed by atoms with Gasteiger partial charge in [-0.25, -0.2) is 0 Å². The molecular weight excluding hydrogens is 322 g/mol. The molecule has 5 nitrogen and oxygen atoms in total. The van der Waals surface area contributed by atoms with E-state index in [4.69, 9.17) is 5.73 Å². The number of piperazine rings is 1. The highest BCUT2D eigenvalue weighted by molar-refractivity contribution is 9.10. The van der Waals surface area contributed by atoms with Gasteiger partial charge in [0.1, 0.15) is 0 Å². The van der Waals surface area contributed by atoms with E-state index < -0.39 is 11.8 Å². The maximum atomic E-state index is 12.1. The Morgan fingerprint density at radius 2 is 1.85 bits per heavy atom. The predicted molar refractivity (Wildman–Crippen MR) is 80.8 cm³/mol. The Kier molecular flexibility index (Phi) is 4.65. The van der Waals surface area contributed by atoms with Crippen LogP contribution in [0.5, 0.6) is 0 Å². The van der Waals surface area contributed by atoms with Crippen molar-refractivity contribution < 1.29 is 9.59 Å². The van der Waals surface area contributed by atoms with Crippen molar-refractivity contribution in [3.8, 4) is 0 Å². The number of benzene rings is 1. The van der Waals surface area contributed by atoms with E-state index in [0.29, 0.717) is 31.9 Å². The molecule has 1 fully saturated rings. The number of carbonyl (C=O) groups excluding carboxylic acids is 2. The molecule has 108 valence electrons. The van der Waals surface area contributed by atoms with Gasteiger partial charge in [0.2, 0.25) is 0 Å². The molecule has 2 rings (SSSR count). The Morgan fingerprint density at radius 3 is 2.50 bits per heavy atom. The summed E-state index contributed by atoms with van der Waals surface area (Å²) in [6.45, 7) is 4.12. The first-order valence-electron chi connectivity index (χ1n) is 6.65. The first-order valence-corrected chi connectivity index (χ1v) is 7.45. The second-order valence-corrected chi connectivity index (χ2v) is 5.68. The molecule has 2 N–H and O–H groups in total. The monoisotopic (exact) mass is 339 g/mol. The van der Waals surface area contributed by atoms with E-state index >= 15 is 0 Å². The number of amides is 2. The molecule has 0 saturated carbocycles. The van der Waals surface area contributed by atoms with Crippen molar-refractivity contribution in [1.29, 1.82) is 0 Å². The molecule has 0 bridgehead atoms. The zero-order valence-electron chi connectivity index (χ0n) is 11.4. The lowest BCUT2D eigenvalue weighted by Gasteiger charge is -2.34. The number of nitrogens with two attached hydrogens (primary N) is 1. The maximum absolute atomic E-state index is 12.1. The third-order valence-electron chi connectivity index (χ3n) is 3.39. The van der Waals surface area contributed by atoms with Crippen LogP contribution in [0.1, 0.15) is 18.9 Å². The lowest BCUT2D eigenvalue weighted by atomic mass is 10.1. The smallest absolute Gasteiger partial charge is 0.312 e. The van der Waals surface area contributed by atoms with Gasteiger partial charge >= 0.3 is 11.8 Å². The van der Waals surface area contributed by atoms with Crippen LogP contribution in [0, 0.1) is 0 Å². The first kappa shape index (κ1) is 14.8. The van der Waals surface area contributed by atoms with Gasteiger partial charge in [-0.2, -0.15) is 0 Å². The number of hydrogen-bond donors (Lipinski definition) is 1. The van der Waals surface area contributed by atoms with Gasteiger partial charge in [0.25, 0.3) is 0 Å². The van der Waals surface area contributed by atoms with Crippen molar-refractivity contribution in [2.45, 2.75) is 19.9 Å². The minimum absolute atomic E-state index is 0.359. The number of rotatable bonds is 4. The highest BCUT2D eigenvalue weighted by Gasteiger charge is 2.32. The molecule has 1 aliphatic heterocycles. The van der Waals surface area contributed by atoms with Crippen LogP contribution in [0.4, 0.5) is 5.69 Å². The van der Waals surface area contributed by atoms with E-state index in [-0.39, 0.29) is 0 Å². The van der Waals surface area contributed by atoms with Crippen LogP contribution in [0.25, 0.3) is 0 Å². The summed E-state index contributed by atoms with van der Waals surface area (Å²) in [5, 5.41) is 0. The second kappa shape index (κ2) is 6.26. The number of carbonyl (C=O) groups is 2. The average molecular weight is 340 g/mol. The molecule has 2 amide bonds. The molecule has 0 spiro atoms. The van der Waals surface area contributed by atoms with Crippen molar-refractivity contribution in [2.75, 3.05) is 25.4 Å². The molecule has 1 heterocycles. The Balaban J connectivity index is 2.12. The fourth-order valence-corrected chi connectivity index (χ4v) is 2.79. The molecule has 6 heteroatoms. The zero-order chi connectivity index (χ0) is 14.7. The summed E-state index contributed by atoms with van der Waals surface area (Å²) in [5.41, 5.74) is 7.40. The maximum Gasteiger partial charge on any atom is 0.312 e. The molecule has 0 radical (unpaired) electrons. The number of nitrogen functional groups attached to an aromatic ring is 1. The molecule has 0 aromatic heterocycles. The molecule has 0 aliphatic carbocycles. The van der Waals surface area contributed by atoms with Gasteiger partial charge in [-0.3, -0.25) is 9.59 Å². The van der Waals surface area contributed by atoms with Gasteiger partial charge in [-0.1, -0.05) is 28.9 Å². The predicted octanol–water partition coefficient (Wildman–Crippen LogP) is 1.61. The largest absolute Gasteiger partial charge is 0.398 e. The van der Waals surface area contributed by atoms with E-state index in [1.54, 1.807) is 15.9 Å². The summed E-state index contributed by atoms with van der Waals surface area (Å²) in [6, 6.07) is 5.51. The third kappa shape index (κ3) is 2.95. The Hall–Kier alpha value is -1.56. The Morgan fingerprint density at radius 1 is 1.20 bits per heavy atom. The topological polar surface area (TPSA) is 66.6 Å². The average Bonchev–Trinajstić information content (AvgIpc) is 2.42. The van der Waals surface area contributed by atoms with E-state index in [0.717, 1.165) is 16.5 Å². The third-order valence-corrected chi connectivity index (χ3v) is 4.14. The van der Waals surface area contributed by atoms with Crippen LogP contribution in [0.2, 0.25) is 0 Å². The number of halogens is 1. The minimum atomic E-state index is -0.445. The molecule has 0 unspecified atom stereocenters. The Bertz CT molecular complexity index is 513. The van der Waals surface area contributed by atoms with Crippen LogP contribution in [-0.4, -0.2) is 41.2 Å². The second-order valence-electron chi connectivity index (χ2n) is 4.83. The first-order chi connectivity index (χ1) is 9.54. The van der Waals surface area contributed by atoms with Crippen LogP contribution >= 0.6 is 15.9 Å². The van der Waals surface area contributed by atoms with Crippen molar-refractivity contribution >= 4 is 33.4 Å². The van der Waals surface area contributed by atoms with Crippen molar-refractivity contribution in [1.82, 2.24) is 9.80 Å². The van der Waals surface area contributed by atoms with Gasteiger partial charge in [0, 0.05) is 41.9 Å².